The van der Waals surface area contributed by atoms with Crippen molar-refractivity contribution in [2.45, 2.75) is 6.54 Å². The maximum absolute atomic E-state index is 11.1. The summed E-state index contributed by atoms with van der Waals surface area (Å²) >= 11 is 3.39. The van der Waals surface area contributed by atoms with Crippen LogP contribution in [0.1, 0.15) is 5.56 Å². The highest BCUT2D eigenvalue weighted by molar-refractivity contribution is 9.10. The highest BCUT2D eigenvalue weighted by atomic mass is 79.9. The van der Waals surface area contributed by atoms with Gasteiger partial charge in [0.05, 0.1) is 6.54 Å². The van der Waals surface area contributed by atoms with Gasteiger partial charge in [0, 0.05) is 18.1 Å². The van der Waals surface area contributed by atoms with Crippen LogP contribution in [0.5, 0.6) is 0 Å². The van der Waals surface area contributed by atoms with Gasteiger partial charge in [-0.15, -0.1) is 0 Å². The van der Waals surface area contributed by atoms with Gasteiger partial charge in [-0.05, 0) is 24.7 Å². The van der Waals surface area contributed by atoms with Crippen LogP contribution in [0.2, 0.25) is 0 Å². The standard InChI is InChI=1S/C11H15BrN2O/c1-13-11(15)8-14(2)7-9-3-5-10(12)6-4-9/h3-6H,7-8H2,1-2H3,(H,13,15). The number of halogens is 1. The summed E-state index contributed by atoms with van der Waals surface area (Å²) in [5.74, 6) is 0.0367. The summed E-state index contributed by atoms with van der Waals surface area (Å²) in [4.78, 5) is 13.1. The van der Waals surface area contributed by atoms with Gasteiger partial charge in [0.25, 0.3) is 0 Å². The van der Waals surface area contributed by atoms with Gasteiger partial charge in [-0.25, -0.2) is 0 Å². The Labute approximate surface area is 98.6 Å². The first kappa shape index (κ1) is 12.2. The number of nitrogens with one attached hydrogen (secondary N) is 1. The van der Waals surface area contributed by atoms with Crippen molar-refractivity contribution in [3.8, 4) is 0 Å². The van der Waals surface area contributed by atoms with E-state index in [0.717, 1.165) is 11.0 Å². The van der Waals surface area contributed by atoms with E-state index in [4.69, 9.17) is 0 Å². The minimum Gasteiger partial charge on any atom is -0.358 e. The molecule has 0 unspecified atom stereocenters. The van der Waals surface area contributed by atoms with Gasteiger partial charge in [-0.2, -0.15) is 0 Å². The summed E-state index contributed by atoms with van der Waals surface area (Å²) in [5.41, 5.74) is 1.20. The average molecular weight is 271 g/mol. The van der Waals surface area contributed by atoms with E-state index in [-0.39, 0.29) is 5.91 Å². The molecule has 15 heavy (non-hydrogen) atoms. The third kappa shape index (κ3) is 4.44. The summed E-state index contributed by atoms with van der Waals surface area (Å²) in [6, 6.07) is 8.10. The molecule has 0 atom stereocenters. The molecule has 0 heterocycles. The van der Waals surface area contributed by atoms with E-state index in [9.17, 15) is 4.79 Å². The Morgan fingerprint density at radius 1 is 1.40 bits per heavy atom. The number of hydrogen-bond donors (Lipinski definition) is 1. The van der Waals surface area contributed by atoms with Crippen molar-refractivity contribution < 1.29 is 4.79 Å². The van der Waals surface area contributed by atoms with Crippen LogP contribution < -0.4 is 5.32 Å². The second kappa shape index (κ2) is 5.88. The lowest BCUT2D eigenvalue weighted by Crippen LogP contribution is -2.32. The second-order valence-electron chi connectivity index (χ2n) is 3.47. The Hall–Kier alpha value is -0.870. The molecule has 82 valence electrons. The molecule has 0 aliphatic carbocycles. The van der Waals surface area contributed by atoms with E-state index in [1.54, 1.807) is 7.05 Å². The zero-order valence-corrected chi connectivity index (χ0v) is 10.5. The molecule has 0 aromatic heterocycles. The molecule has 1 aromatic rings. The molecule has 1 aromatic carbocycles. The third-order valence-electron chi connectivity index (χ3n) is 2.06. The molecular weight excluding hydrogens is 256 g/mol. The molecule has 4 heteroatoms. The highest BCUT2D eigenvalue weighted by Crippen LogP contribution is 2.11. The molecule has 1 amide bonds. The molecule has 0 spiro atoms. The zero-order valence-electron chi connectivity index (χ0n) is 8.96. The third-order valence-corrected chi connectivity index (χ3v) is 2.59. The van der Waals surface area contributed by atoms with Crippen molar-refractivity contribution in [2.24, 2.45) is 0 Å². The largest absolute Gasteiger partial charge is 0.358 e. The first-order valence-corrected chi connectivity index (χ1v) is 5.54. The van der Waals surface area contributed by atoms with Crippen LogP contribution in [0.4, 0.5) is 0 Å². The first-order chi connectivity index (χ1) is 7.11. The Morgan fingerprint density at radius 3 is 2.53 bits per heavy atom. The summed E-state index contributed by atoms with van der Waals surface area (Å²) in [6.45, 7) is 1.20. The number of carbonyl (C=O) groups is 1. The minimum absolute atomic E-state index is 0.0367. The molecular formula is C11H15BrN2O. The van der Waals surface area contributed by atoms with Crippen LogP contribution in [0.25, 0.3) is 0 Å². The Morgan fingerprint density at radius 2 is 2.00 bits per heavy atom. The Kier molecular flexibility index (Phi) is 4.78. The predicted molar refractivity (Wildman–Crippen MR) is 64.5 cm³/mol. The molecule has 0 bridgehead atoms. The summed E-state index contributed by atoms with van der Waals surface area (Å²) in [5, 5.41) is 2.60. The van der Waals surface area contributed by atoms with Crippen LogP contribution in [0, 0.1) is 0 Å². The smallest absolute Gasteiger partial charge is 0.233 e. The van der Waals surface area contributed by atoms with E-state index in [2.05, 4.69) is 21.2 Å². The van der Waals surface area contributed by atoms with Gasteiger partial charge in [0.15, 0.2) is 0 Å². The van der Waals surface area contributed by atoms with Gasteiger partial charge in [-0.3, -0.25) is 9.69 Å². The number of benzene rings is 1. The van der Waals surface area contributed by atoms with Crippen LogP contribution in [0.3, 0.4) is 0 Å². The van der Waals surface area contributed by atoms with Crippen LogP contribution in [0.15, 0.2) is 28.7 Å². The van der Waals surface area contributed by atoms with Crippen molar-refractivity contribution in [1.29, 1.82) is 0 Å². The van der Waals surface area contributed by atoms with Crippen molar-refractivity contribution >= 4 is 21.8 Å². The van der Waals surface area contributed by atoms with Crippen molar-refractivity contribution in [1.82, 2.24) is 10.2 Å². The summed E-state index contributed by atoms with van der Waals surface area (Å²) < 4.78 is 1.07. The lowest BCUT2D eigenvalue weighted by Gasteiger charge is -2.15. The van der Waals surface area contributed by atoms with E-state index in [0.29, 0.717) is 6.54 Å². The normalized spacial score (nSPS) is 10.4. The fourth-order valence-corrected chi connectivity index (χ4v) is 1.55. The minimum atomic E-state index is 0.0367. The lowest BCUT2D eigenvalue weighted by molar-refractivity contribution is -0.121. The maximum atomic E-state index is 11.1. The van der Waals surface area contributed by atoms with Gasteiger partial charge in [0.1, 0.15) is 0 Å². The number of rotatable bonds is 4. The Bertz CT molecular complexity index is 324. The fourth-order valence-electron chi connectivity index (χ4n) is 1.28. The number of likely N-dealkylation sites (N-methyl/N-ethyl adjacent to an activating group) is 2. The number of amides is 1. The average Bonchev–Trinajstić information content (AvgIpc) is 2.21. The van der Waals surface area contributed by atoms with E-state index in [1.807, 2.05) is 36.2 Å². The maximum Gasteiger partial charge on any atom is 0.233 e. The molecule has 0 radical (unpaired) electrons. The van der Waals surface area contributed by atoms with Gasteiger partial charge >= 0.3 is 0 Å². The molecule has 0 saturated heterocycles. The molecule has 1 N–H and O–H groups in total. The van der Waals surface area contributed by atoms with Gasteiger partial charge in [0.2, 0.25) is 5.91 Å². The number of carbonyl (C=O) groups excluding carboxylic acids is 1. The van der Waals surface area contributed by atoms with E-state index >= 15 is 0 Å². The lowest BCUT2D eigenvalue weighted by atomic mass is 10.2. The van der Waals surface area contributed by atoms with Crippen LogP contribution in [-0.4, -0.2) is 31.4 Å². The molecule has 0 aliphatic heterocycles. The van der Waals surface area contributed by atoms with Crippen LogP contribution >= 0.6 is 15.9 Å². The van der Waals surface area contributed by atoms with E-state index < -0.39 is 0 Å². The quantitative estimate of drug-likeness (QED) is 0.902. The predicted octanol–water partition coefficient (Wildman–Crippen LogP) is 1.63. The first-order valence-electron chi connectivity index (χ1n) is 4.75. The fraction of sp³-hybridized carbons (Fsp3) is 0.364. The van der Waals surface area contributed by atoms with E-state index in [1.165, 1.54) is 5.56 Å². The van der Waals surface area contributed by atoms with Crippen molar-refractivity contribution in [3.63, 3.8) is 0 Å². The molecule has 0 fully saturated rings. The van der Waals surface area contributed by atoms with Crippen molar-refractivity contribution in [3.05, 3.63) is 34.3 Å². The SMILES string of the molecule is CNC(=O)CN(C)Cc1ccc(Br)cc1. The topological polar surface area (TPSA) is 32.3 Å². The monoisotopic (exact) mass is 270 g/mol. The molecule has 0 aliphatic rings. The molecule has 1 rings (SSSR count). The van der Waals surface area contributed by atoms with Gasteiger partial charge in [-0.1, -0.05) is 28.1 Å². The highest BCUT2D eigenvalue weighted by Gasteiger charge is 2.04. The molecule has 0 saturated carbocycles. The number of hydrogen-bond acceptors (Lipinski definition) is 2. The molecule has 3 nitrogen and oxygen atoms in total. The van der Waals surface area contributed by atoms with Gasteiger partial charge < -0.3 is 5.32 Å². The Balaban J connectivity index is 2.47. The summed E-state index contributed by atoms with van der Waals surface area (Å²) in [7, 11) is 3.58. The second-order valence-corrected chi connectivity index (χ2v) is 4.39. The number of nitrogens with zero attached hydrogens (tertiary/aromatic N) is 1. The zero-order chi connectivity index (χ0) is 11.3. The van der Waals surface area contributed by atoms with Crippen LogP contribution in [-0.2, 0) is 11.3 Å². The van der Waals surface area contributed by atoms with Crippen molar-refractivity contribution in [2.75, 3.05) is 20.6 Å². The summed E-state index contributed by atoms with van der Waals surface area (Å²) in [6.07, 6.45) is 0.